The van der Waals surface area contributed by atoms with Crippen LogP contribution in [0.2, 0.25) is 39.3 Å². The molecule has 0 spiro atoms. The molecule has 4 nitrogen and oxygen atoms in total. The molecule has 9 aromatic carbocycles. The van der Waals surface area contributed by atoms with Crippen molar-refractivity contribution in [3.05, 3.63) is 193 Å². The fraction of sp³-hybridized carbons (Fsp3) is 0.156. The van der Waals surface area contributed by atoms with Crippen LogP contribution in [0.3, 0.4) is 0 Å². The van der Waals surface area contributed by atoms with Crippen molar-refractivity contribution in [2.45, 2.75) is 66.0 Å². The van der Waals surface area contributed by atoms with Gasteiger partial charge in [0.15, 0.2) is 0 Å². The van der Waals surface area contributed by atoms with Gasteiger partial charge in [0, 0.05) is 65.8 Å². The third-order valence-electron chi connectivity index (χ3n) is 15.4. The zero-order valence-corrected chi connectivity index (χ0v) is 43.5. The predicted molar refractivity (Wildman–Crippen MR) is 310 cm³/mol. The van der Waals surface area contributed by atoms with Crippen LogP contribution in [0.5, 0.6) is 0 Å². The van der Waals surface area contributed by atoms with Crippen LogP contribution < -0.4 is 20.2 Å². The summed E-state index contributed by atoms with van der Waals surface area (Å²) in [4.78, 5) is 5.01. The standard InChI is InChI=1S/C64H58N4Si2/c1-9-41-17-15-19-45(37-41)65(43-25-29-47(30-26-43)69(3,4)5)57-35-33-49-53-39-60-54(40-59(53)67-55-23-13-11-21-51(55)61(57)63(49)67)50-34-36-58(62-52-22-12-14-24-56(52)68(60)64(50)62)66(46-20-16-18-42(10-2)38-46)44-27-31-48(32-28-44)70(6,7)8/h11-40H,9-10H2,1-8H3. The number of hydrogen-bond acceptors (Lipinski definition) is 2. The maximum atomic E-state index is 2.57. The molecule has 0 radical (unpaired) electrons. The zero-order chi connectivity index (χ0) is 47.8. The molecule has 13 rings (SSSR count). The molecule has 0 aliphatic heterocycles. The number of nitrogens with zero attached hydrogens (tertiary/aromatic N) is 4. The first kappa shape index (κ1) is 42.7. The third kappa shape index (κ3) is 6.32. The van der Waals surface area contributed by atoms with Crippen LogP contribution in [0.4, 0.5) is 34.1 Å². The van der Waals surface area contributed by atoms with Crippen LogP contribution in [-0.2, 0) is 12.8 Å². The minimum atomic E-state index is -1.50. The highest BCUT2D eigenvalue weighted by molar-refractivity contribution is 6.89. The van der Waals surface area contributed by atoms with Crippen LogP contribution >= 0.6 is 0 Å². The first-order valence-electron chi connectivity index (χ1n) is 25.2. The summed E-state index contributed by atoms with van der Waals surface area (Å²) in [5, 5.41) is 13.1. The molecule has 4 heterocycles. The number of fused-ring (bicyclic) bond motifs is 12. The Morgan fingerprint density at radius 1 is 0.343 bits per heavy atom. The van der Waals surface area contributed by atoms with Crippen LogP contribution in [-0.4, -0.2) is 24.9 Å². The highest BCUT2D eigenvalue weighted by Gasteiger charge is 2.29. The molecule has 0 saturated heterocycles. The number of benzene rings is 9. The smallest absolute Gasteiger partial charge is 0.0775 e. The minimum Gasteiger partial charge on any atom is -0.310 e. The fourth-order valence-corrected chi connectivity index (χ4v) is 14.1. The van der Waals surface area contributed by atoms with Gasteiger partial charge in [0.05, 0.1) is 60.6 Å². The van der Waals surface area contributed by atoms with E-state index < -0.39 is 16.1 Å². The molecule has 0 saturated carbocycles. The average molecular weight is 939 g/mol. The van der Waals surface area contributed by atoms with Crippen LogP contribution in [0.15, 0.2) is 182 Å². The number of para-hydroxylation sites is 2. The molecule has 0 fully saturated rings. The molecule has 0 bridgehead atoms. The van der Waals surface area contributed by atoms with Crippen molar-refractivity contribution in [3.63, 3.8) is 0 Å². The van der Waals surface area contributed by atoms with Crippen molar-refractivity contribution >= 4 is 137 Å². The second-order valence-corrected chi connectivity index (χ2v) is 31.8. The molecule has 0 N–H and O–H groups in total. The Labute approximate surface area is 412 Å². The van der Waals surface area contributed by atoms with Crippen molar-refractivity contribution in [2.75, 3.05) is 9.80 Å². The summed E-state index contributed by atoms with van der Waals surface area (Å²) in [5.74, 6) is 0. The van der Waals surface area contributed by atoms with Gasteiger partial charge in [-0.1, -0.05) is 161 Å². The van der Waals surface area contributed by atoms with Crippen molar-refractivity contribution in [1.29, 1.82) is 0 Å². The molecule has 0 atom stereocenters. The summed E-state index contributed by atoms with van der Waals surface area (Å²) in [6, 6.07) is 69.8. The van der Waals surface area contributed by atoms with E-state index >= 15 is 0 Å². The Kier molecular flexibility index (Phi) is 9.49. The molecular weight excluding hydrogens is 881 g/mol. The van der Waals surface area contributed by atoms with E-state index in [-0.39, 0.29) is 0 Å². The van der Waals surface area contributed by atoms with Crippen molar-refractivity contribution < 1.29 is 0 Å². The largest absolute Gasteiger partial charge is 0.310 e. The third-order valence-corrected chi connectivity index (χ3v) is 19.5. The maximum Gasteiger partial charge on any atom is 0.0775 e. The lowest BCUT2D eigenvalue weighted by Gasteiger charge is -2.28. The van der Waals surface area contributed by atoms with Crippen molar-refractivity contribution in [1.82, 2.24) is 8.80 Å². The molecule has 6 heteroatoms. The monoisotopic (exact) mass is 938 g/mol. The zero-order valence-electron chi connectivity index (χ0n) is 41.5. The lowest BCUT2D eigenvalue weighted by Crippen LogP contribution is -2.37. The lowest BCUT2D eigenvalue weighted by molar-refractivity contribution is 1.13. The van der Waals surface area contributed by atoms with Crippen LogP contribution in [0, 0.1) is 0 Å². The maximum absolute atomic E-state index is 2.57. The van der Waals surface area contributed by atoms with E-state index in [4.69, 9.17) is 0 Å². The molecule has 0 amide bonds. The Hall–Kier alpha value is -7.39. The minimum absolute atomic E-state index is 0.981. The van der Waals surface area contributed by atoms with Gasteiger partial charge >= 0.3 is 0 Å². The van der Waals surface area contributed by atoms with Gasteiger partial charge in [-0.05, 0) is 109 Å². The Bertz CT molecular complexity index is 3890. The van der Waals surface area contributed by atoms with Gasteiger partial charge in [0.25, 0.3) is 0 Å². The highest BCUT2D eigenvalue weighted by Crippen LogP contribution is 2.51. The van der Waals surface area contributed by atoms with E-state index in [1.165, 1.54) is 132 Å². The van der Waals surface area contributed by atoms with Gasteiger partial charge in [0.1, 0.15) is 0 Å². The fourth-order valence-electron chi connectivity index (χ4n) is 11.8. The van der Waals surface area contributed by atoms with Gasteiger partial charge in [0.2, 0.25) is 0 Å². The molecule has 4 aromatic heterocycles. The summed E-state index contributed by atoms with van der Waals surface area (Å²) in [7, 11) is -3.01. The summed E-state index contributed by atoms with van der Waals surface area (Å²) < 4.78 is 5.13. The van der Waals surface area contributed by atoms with E-state index in [0.717, 1.165) is 12.8 Å². The molecule has 342 valence electrons. The Balaban J connectivity index is 1.08. The summed E-state index contributed by atoms with van der Waals surface area (Å²) in [6.07, 6.45) is 1.96. The molecule has 70 heavy (non-hydrogen) atoms. The second-order valence-electron chi connectivity index (χ2n) is 21.6. The molecule has 0 aliphatic rings. The molecule has 13 aromatic rings. The topological polar surface area (TPSA) is 15.3 Å². The van der Waals surface area contributed by atoms with Gasteiger partial charge in [-0.3, -0.25) is 0 Å². The summed E-state index contributed by atoms with van der Waals surface area (Å²) in [5.41, 5.74) is 17.3. The number of rotatable bonds is 10. The van der Waals surface area contributed by atoms with Gasteiger partial charge in [-0.25, -0.2) is 0 Å². The number of anilines is 6. The van der Waals surface area contributed by atoms with Gasteiger partial charge in [-0.2, -0.15) is 0 Å². The van der Waals surface area contributed by atoms with Gasteiger partial charge < -0.3 is 18.6 Å². The van der Waals surface area contributed by atoms with Crippen molar-refractivity contribution in [2.24, 2.45) is 0 Å². The Morgan fingerprint density at radius 3 is 1.13 bits per heavy atom. The van der Waals surface area contributed by atoms with Crippen molar-refractivity contribution in [3.8, 4) is 0 Å². The number of aromatic nitrogens is 2. The van der Waals surface area contributed by atoms with Crippen LogP contribution in [0.25, 0.3) is 76.2 Å². The van der Waals surface area contributed by atoms with Crippen LogP contribution in [0.1, 0.15) is 25.0 Å². The highest BCUT2D eigenvalue weighted by atomic mass is 28.3. The van der Waals surface area contributed by atoms with E-state index in [2.05, 4.69) is 254 Å². The first-order chi connectivity index (χ1) is 33.9. The van der Waals surface area contributed by atoms with E-state index in [9.17, 15) is 0 Å². The number of hydrogen-bond donors (Lipinski definition) is 0. The Morgan fingerprint density at radius 2 is 0.743 bits per heavy atom. The van der Waals surface area contributed by atoms with E-state index in [0.29, 0.717) is 0 Å². The summed E-state index contributed by atoms with van der Waals surface area (Å²) in [6.45, 7) is 19.1. The summed E-state index contributed by atoms with van der Waals surface area (Å²) >= 11 is 0. The first-order valence-corrected chi connectivity index (χ1v) is 32.2. The lowest BCUT2D eigenvalue weighted by atomic mass is 10.0. The SMILES string of the molecule is CCc1cccc(N(c2ccc([Si](C)(C)C)cc2)c2ccc3c4cc5c(cc4n4c6ccccc6c2c34)c2ccc(N(c3ccc([Si](C)(C)C)cc3)c3cccc(CC)c3)c3c4ccccc4n5c23)c1. The molecular formula is C64H58N4Si2. The van der Waals surface area contributed by atoms with E-state index in [1.807, 2.05) is 0 Å². The predicted octanol–water partition coefficient (Wildman–Crippen LogP) is 17.1. The average Bonchev–Trinajstić information content (AvgIpc) is 4.10. The second kappa shape index (κ2) is 15.6. The van der Waals surface area contributed by atoms with Gasteiger partial charge in [-0.15, -0.1) is 0 Å². The van der Waals surface area contributed by atoms with E-state index in [1.54, 1.807) is 0 Å². The molecule has 0 unspecified atom stereocenters. The normalized spacial score (nSPS) is 12.7. The molecule has 0 aliphatic carbocycles. The number of aryl methyl sites for hydroxylation is 2. The quantitative estimate of drug-likeness (QED) is 0.127.